The summed E-state index contributed by atoms with van der Waals surface area (Å²) in [6.45, 7) is 2.09. The summed E-state index contributed by atoms with van der Waals surface area (Å²) in [4.78, 5) is 22.2. The molecule has 0 spiro atoms. The number of benzene rings is 1. The van der Waals surface area contributed by atoms with E-state index in [0.29, 0.717) is 22.5 Å². The number of hydrogen-bond acceptors (Lipinski definition) is 4. The maximum Gasteiger partial charge on any atom is 0.284 e. The van der Waals surface area contributed by atoms with E-state index in [1.54, 1.807) is 6.07 Å². The van der Waals surface area contributed by atoms with Crippen molar-refractivity contribution < 1.29 is 14.5 Å². The predicted molar refractivity (Wildman–Crippen MR) is 76.7 cm³/mol. The molecule has 1 unspecified atom stereocenters. The number of ether oxygens (including phenoxy) is 1. The van der Waals surface area contributed by atoms with E-state index in [2.05, 4.69) is 21.2 Å². The van der Waals surface area contributed by atoms with Gasteiger partial charge in [0.05, 0.1) is 9.40 Å². The van der Waals surface area contributed by atoms with Gasteiger partial charge >= 0.3 is 0 Å². The molecule has 1 fully saturated rings. The quantitative estimate of drug-likeness (QED) is 0.658. The van der Waals surface area contributed by atoms with E-state index in [9.17, 15) is 14.9 Å². The summed E-state index contributed by atoms with van der Waals surface area (Å²) in [6.07, 6.45) is 1.89. The standard InChI is InChI=1S/C13H15BrN2O4/c14-11-2-1-10(7-12(11)16(18)19)13(17)15-5-3-9-4-6-20-8-9/h1-2,7,9H,3-6,8H2,(H,15,17). The Labute approximate surface area is 124 Å². The van der Waals surface area contributed by atoms with Gasteiger partial charge in [0.25, 0.3) is 11.6 Å². The van der Waals surface area contributed by atoms with E-state index >= 15 is 0 Å². The van der Waals surface area contributed by atoms with Crippen LogP contribution in [0.4, 0.5) is 5.69 Å². The maximum atomic E-state index is 11.9. The lowest BCUT2D eigenvalue weighted by atomic mass is 10.1. The molecule has 0 bridgehead atoms. The van der Waals surface area contributed by atoms with Crippen LogP contribution in [0.3, 0.4) is 0 Å². The van der Waals surface area contributed by atoms with Crippen molar-refractivity contribution in [3.05, 3.63) is 38.3 Å². The number of nitro groups is 1. The molecule has 1 saturated heterocycles. The van der Waals surface area contributed by atoms with Gasteiger partial charge in [-0.2, -0.15) is 0 Å². The van der Waals surface area contributed by atoms with Crippen molar-refractivity contribution in [3.63, 3.8) is 0 Å². The molecule has 20 heavy (non-hydrogen) atoms. The van der Waals surface area contributed by atoms with Crippen molar-refractivity contribution >= 4 is 27.5 Å². The second-order valence-corrected chi connectivity index (χ2v) is 5.55. The number of rotatable bonds is 5. The highest BCUT2D eigenvalue weighted by molar-refractivity contribution is 9.10. The van der Waals surface area contributed by atoms with Crippen molar-refractivity contribution in [2.45, 2.75) is 12.8 Å². The minimum atomic E-state index is -0.517. The van der Waals surface area contributed by atoms with Crippen LogP contribution in [0.5, 0.6) is 0 Å². The van der Waals surface area contributed by atoms with Gasteiger partial charge in [-0.3, -0.25) is 14.9 Å². The molecule has 6 nitrogen and oxygen atoms in total. The lowest BCUT2D eigenvalue weighted by Crippen LogP contribution is -2.26. The van der Waals surface area contributed by atoms with Gasteiger partial charge in [0.2, 0.25) is 0 Å². The van der Waals surface area contributed by atoms with E-state index in [1.165, 1.54) is 12.1 Å². The Bertz CT molecular complexity index is 515. The van der Waals surface area contributed by atoms with Crippen molar-refractivity contribution in [1.29, 1.82) is 0 Å². The van der Waals surface area contributed by atoms with E-state index in [1.807, 2.05) is 0 Å². The molecule has 0 aromatic heterocycles. The summed E-state index contributed by atoms with van der Waals surface area (Å²) in [5.74, 6) is 0.203. The molecule has 1 aliphatic rings. The van der Waals surface area contributed by atoms with Gasteiger partial charge in [0.1, 0.15) is 0 Å². The summed E-state index contributed by atoms with van der Waals surface area (Å²) in [6, 6.07) is 4.35. The molecule has 1 heterocycles. The van der Waals surface area contributed by atoms with Crippen LogP contribution in [0.2, 0.25) is 0 Å². The van der Waals surface area contributed by atoms with E-state index in [-0.39, 0.29) is 11.6 Å². The number of carbonyl (C=O) groups is 1. The fourth-order valence-electron chi connectivity index (χ4n) is 2.10. The van der Waals surface area contributed by atoms with Crippen LogP contribution in [0.15, 0.2) is 22.7 Å². The third-order valence-electron chi connectivity index (χ3n) is 3.27. The Morgan fingerprint density at radius 1 is 1.55 bits per heavy atom. The van der Waals surface area contributed by atoms with Gasteiger partial charge in [0.15, 0.2) is 0 Å². The Hall–Kier alpha value is -1.47. The molecule has 0 aliphatic carbocycles. The summed E-state index contributed by atoms with van der Waals surface area (Å²) in [5.41, 5.74) is 0.185. The van der Waals surface area contributed by atoms with Gasteiger partial charge in [-0.25, -0.2) is 0 Å². The van der Waals surface area contributed by atoms with Gasteiger partial charge in [0, 0.05) is 31.4 Å². The van der Waals surface area contributed by atoms with Crippen LogP contribution in [0.25, 0.3) is 0 Å². The van der Waals surface area contributed by atoms with Crippen LogP contribution < -0.4 is 5.32 Å². The summed E-state index contributed by atoms with van der Waals surface area (Å²) >= 11 is 3.09. The van der Waals surface area contributed by atoms with Crippen molar-refractivity contribution in [1.82, 2.24) is 5.32 Å². The number of carbonyl (C=O) groups excluding carboxylic acids is 1. The Morgan fingerprint density at radius 2 is 2.35 bits per heavy atom. The fraction of sp³-hybridized carbons (Fsp3) is 0.462. The average Bonchev–Trinajstić information content (AvgIpc) is 2.92. The third kappa shape index (κ3) is 3.77. The second-order valence-electron chi connectivity index (χ2n) is 4.70. The zero-order valence-electron chi connectivity index (χ0n) is 10.8. The monoisotopic (exact) mass is 342 g/mol. The van der Waals surface area contributed by atoms with E-state index in [4.69, 9.17) is 4.74 Å². The number of amides is 1. The van der Waals surface area contributed by atoms with Crippen LogP contribution in [0.1, 0.15) is 23.2 Å². The second kappa shape index (κ2) is 6.81. The molecule has 0 radical (unpaired) electrons. The van der Waals surface area contributed by atoms with Gasteiger partial charge < -0.3 is 10.1 Å². The lowest BCUT2D eigenvalue weighted by molar-refractivity contribution is -0.385. The molecule has 1 amide bonds. The Morgan fingerprint density at radius 3 is 3.00 bits per heavy atom. The molecule has 2 rings (SSSR count). The molecule has 0 saturated carbocycles. The molecule has 1 aromatic rings. The first-order chi connectivity index (χ1) is 9.58. The molecule has 7 heteroatoms. The zero-order chi connectivity index (χ0) is 14.5. The van der Waals surface area contributed by atoms with Crippen molar-refractivity contribution in [2.75, 3.05) is 19.8 Å². The smallest absolute Gasteiger partial charge is 0.284 e. The summed E-state index contributed by atoms with van der Waals surface area (Å²) in [7, 11) is 0. The largest absolute Gasteiger partial charge is 0.381 e. The SMILES string of the molecule is O=C(NCCC1CCOC1)c1ccc(Br)c([N+](=O)[O-])c1. The lowest BCUT2D eigenvalue weighted by Gasteiger charge is -2.09. The first-order valence-electron chi connectivity index (χ1n) is 6.38. The number of nitrogens with one attached hydrogen (secondary N) is 1. The van der Waals surface area contributed by atoms with Crippen molar-refractivity contribution in [2.24, 2.45) is 5.92 Å². The minimum absolute atomic E-state index is 0.109. The van der Waals surface area contributed by atoms with E-state index in [0.717, 1.165) is 26.1 Å². The summed E-state index contributed by atoms with van der Waals surface area (Å²) in [5, 5.41) is 13.6. The Kier molecular flexibility index (Phi) is 5.08. The first kappa shape index (κ1) is 14.9. The highest BCUT2D eigenvalue weighted by Crippen LogP contribution is 2.25. The summed E-state index contributed by atoms with van der Waals surface area (Å²) < 4.78 is 5.62. The Balaban J connectivity index is 1.91. The third-order valence-corrected chi connectivity index (χ3v) is 3.94. The van der Waals surface area contributed by atoms with Gasteiger partial charge in [-0.15, -0.1) is 0 Å². The predicted octanol–water partition coefficient (Wildman–Crippen LogP) is 2.51. The number of nitro benzene ring substituents is 1. The molecular weight excluding hydrogens is 328 g/mol. The fourth-order valence-corrected chi connectivity index (χ4v) is 2.49. The molecule has 1 aliphatic heterocycles. The van der Waals surface area contributed by atoms with E-state index < -0.39 is 4.92 Å². The van der Waals surface area contributed by atoms with Crippen LogP contribution in [-0.2, 0) is 4.74 Å². The minimum Gasteiger partial charge on any atom is -0.381 e. The maximum absolute atomic E-state index is 11.9. The highest BCUT2D eigenvalue weighted by Gasteiger charge is 2.17. The molecule has 1 N–H and O–H groups in total. The normalized spacial score (nSPS) is 17.9. The van der Waals surface area contributed by atoms with Gasteiger partial charge in [-0.05, 0) is 46.8 Å². The molecule has 1 atom stereocenters. The topological polar surface area (TPSA) is 81.5 Å². The molecule has 1 aromatic carbocycles. The number of nitrogens with zero attached hydrogens (tertiary/aromatic N) is 1. The number of hydrogen-bond donors (Lipinski definition) is 1. The number of halogens is 1. The van der Waals surface area contributed by atoms with Crippen LogP contribution in [-0.4, -0.2) is 30.6 Å². The molecular formula is C13H15BrN2O4. The first-order valence-corrected chi connectivity index (χ1v) is 7.17. The van der Waals surface area contributed by atoms with Crippen LogP contribution in [0, 0.1) is 16.0 Å². The molecule has 108 valence electrons. The average molecular weight is 343 g/mol. The van der Waals surface area contributed by atoms with Crippen molar-refractivity contribution in [3.8, 4) is 0 Å². The zero-order valence-corrected chi connectivity index (χ0v) is 12.4. The highest BCUT2D eigenvalue weighted by atomic mass is 79.9. The van der Waals surface area contributed by atoms with Gasteiger partial charge in [-0.1, -0.05) is 0 Å². The van der Waals surface area contributed by atoms with Crippen LogP contribution >= 0.6 is 15.9 Å².